The number of likely N-dealkylation sites (N-methyl/N-ethyl adjacent to an activating group) is 1. The third kappa shape index (κ3) is 3.88. The van der Waals surface area contributed by atoms with Crippen LogP contribution in [-0.2, 0) is 20.9 Å². The number of carbonyl (C=O) groups is 3. The first kappa shape index (κ1) is 17.6. The fourth-order valence-corrected chi connectivity index (χ4v) is 2.61. The van der Waals surface area contributed by atoms with Crippen molar-refractivity contribution in [3.63, 3.8) is 0 Å². The fraction of sp³-hybridized carbons (Fsp3) is 0.211. The average Bonchev–Trinajstić information content (AvgIpc) is 2.90. The quantitative estimate of drug-likeness (QED) is 0.656. The van der Waals surface area contributed by atoms with Gasteiger partial charge >= 0.3 is 0 Å². The second-order valence-electron chi connectivity index (χ2n) is 6.02. The maximum absolute atomic E-state index is 12.9. The van der Waals surface area contributed by atoms with Crippen LogP contribution >= 0.6 is 0 Å². The van der Waals surface area contributed by atoms with E-state index in [1.807, 2.05) is 0 Å². The largest absolute Gasteiger partial charge is 0.457 e. The molecule has 1 heterocycles. The first-order chi connectivity index (χ1) is 12.4. The minimum absolute atomic E-state index is 0.105. The Bertz CT molecular complexity index is 834. The van der Waals surface area contributed by atoms with E-state index in [4.69, 9.17) is 4.74 Å². The van der Waals surface area contributed by atoms with Crippen molar-refractivity contribution in [2.24, 2.45) is 5.92 Å². The zero-order valence-electron chi connectivity index (χ0n) is 14.1. The normalized spacial score (nSPS) is 16.7. The molecule has 0 spiro atoms. The highest BCUT2D eigenvalue weighted by Gasteiger charge is 2.41. The smallest absolute Gasteiger partial charge is 0.290 e. The standard InChI is InChI=1S/C19H17FN2O4/c1-22-11-16(17(23)19(22)25)18(24)21-10-12-2-6-14(7-3-12)26-15-8-4-13(20)5-9-15/h2-9,16H,10-11H2,1H3,(H,21,24). The van der Waals surface area contributed by atoms with E-state index in [0.29, 0.717) is 11.5 Å². The zero-order valence-corrected chi connectivity index (χ0v) is 14.1. The van der Waals surface area contributed by atoms with Gasteiger partial charge in [-0.25, -0.2) is 4.39 Å². The van der Waals surface area contributed by atoms with Crippen molar-refractivity contribution >= 4 is 17.6 Å². The average molecular weight is 356 g/mol. The van der Waals surface area contributed by atoms with E-state index < -0.39 is 23.5 Å². The highest BCUT2D eigenvalue weighted by Crippen LogP contribution is 2.22. The lowest BCUT2D eigenvalue weighted by Crippen LogP contribution is -2.35. The van der Waals surface area contributed by atoms with Gasteiger partial charge in [0, 0.05) is 20.1 Å². The summed E-state index contributed by atoms with van der Waals surface area (Å²) in [6.07, 6.45) is 0. The third-order valence-corrected chi connectivity index (χ3v) is 4.09. The maximum Gasteiger partial charge on any atom is 0.290 e. The number of amides is 2. The number of carbonyl (C=O) groups excluding carboxylic acids is 3. The molecule has 1 aliphatic rings. The summed E-state index contributed by atoms with van der Waals surface area (Å²) in [4.78, 5) is 36.5. The van der Waals surface area contributed by atoms with Gasteiger partial charge in [-0.05, 0) is 42.0 Å². The number of halogens is 1. The molecule has 0 saturated carbocycles. The molecule has 134 valence electrons. The molecule has 1 N–H and O–H groups in total. The number of Topliss-reactive ketones (excluding diaryl/α,β-unsaturated/α-hetero) is 1. The molecule has 26 heavy (non-hydrogen) atoms. The van der Waals surface area contributed by atoms with Crippen molar-refractivity contribution in [2.45, 2.75) is 6.54 Å². The van der Waals surface area contributed by atoms with Crippen LogP contribution in [0.4, 0.5) is 4.39 Å². The summed E-state index contributed by atoms with van der Waals surface area (Å²) >= 11 is 0. The molecule has 0 aromatic heterocycles. The molecule has 1 fully saturated rings. The van der Waals surface area contributed by atoms with Gasteiger partial charge < -0.3 is 15.0 Å². The minimum atomic E-state index is -0.950. The van der Waals surface area contributed by atoms with Crippen LogP contribution in [-0.4, -0.2) is 36.1 Å². The Hall–Kier alpha value is -3.22. The predicted octanol–water partition coefficient (Wildman–Crippen LogP) is 1.89. The molecule has 3 rings (SSSR count). The number of hydrogen-bond acceptors (Lipinski definition) is 4. The van der Waals surface area contributed by atoms with E-state index in [1.165, 1.54) is 36.2 Å². The summed E-state index contributed by atoms with van der Waals surface area (Å²) in [5.74, 6) is -1.96. The van der Waals surface area contributed by atoms with Gasteiger partial charge in [0.15, 0.2) is 0 Å². The zero-order chi connectivity index (χ0) is 18.7. The van der Waals surface area contributed by atoms with E-state index in [-0.39, 0.29) is 18.9 Å². The Labute approximate surface area is 149 Å². The van der Waals surface area contributed by atoms with Gasteiger partial charge in [-0.2, -0.15) is 0 Å². The van der Waals surface area contributed by atoms with Crippen LogP contribution in [0, 0.1) is 11.7 Å². The van der Waals surface area contributed by atoms with Crippen molar-refractivity contribution in [3.05, 3.63) is 59.9 Å². The van der Waals surface area contributed by atoms with E-state index >= 15 is 0 Å². The molecule has 0 bridgehead atoms. The highest BCUT2D eigenvalue weighted by atomic mass is 19.1. The summed E-state index contributed by atoms with van der Waals surface area (Å²) in [5, 5.41) is 2.67. The molecule has 2 amide bonds. The van der Waals surface area contributed by atoms with Gasteiger partial charge in [-0.3, -0.25) is 14.4 Å². The van der Waals surface area contributed by atoms with E-state index in [1.54, 1.807) is 24.3 Å². The lowest BCUT2D eigenvalue weighted by atomic mass is 10.1. The van der Waals surface area contributed by atoms with Crippen LogP contribution in [0.25, 0.3) is 0 Å². The number of rotatable bonds is 5. The van der Waals surface area contributed by atoms with Crippen molar-refractivity contribution < 1.29 is 23.5 Å². The van der Waals surface area contributed by atoms with Crippen LogP contribution in [0.5, 0.6) is 11.5 Å². The number of ether oxygens (including phenoxy) is 1. The molecule has 6 nitrogen and oxygen atoms in total. The monoisotopic (exact) mass is 356 g/mol. The molecule has 1 aliphatic heterocycles. The fourth-order valence-electron chi connectivity index (χ4n) is 2.61. The van der Waals surface area contributed by atoms with Crippen LogP contribution in [0.2, 0.25) is 0 Å². The Morgan fingerprint density at radius 2 is 1.69 bits per heavy atom. The first-order valence-electron chi connectivity index (χ1n) is 8.03. The summed E-state index contributed by atoms with van der Waals surface area (Å²) < 4.78 is 18.5. The second-order valence-corrected chi connectivity index (χ2v) is 6.02. The summed E-state index contributed by atoms with van der Waals surface area (Å²) in [5.41, 5.74) is 0.815. The number of ketones is 1. The van der Waals surface area contributed by atoms with Gasteiger partial charge in [0.05, 0.1) is 0 Å². The molecule has 1 saturated heterocycles. The summed E-state index contributed by atoms with van der Waals surface area (Å²) in [6, 6.07) is 12.7. The molecule has 7 heteroatoms. The Balaban J connectivity index is 1.54. The van der Waals surface area contributed by atoms with E-state index in [2.05, 4.69) is 5.32 Å². The molecule has 0 aliphatic carbocycles. The lowest BCUT2D eigenvalue weighted by molar-refractivity contribution is -0.142. The van der Waals surface area contributed by atoms with Crippen LogP contribution in [0.1, 0.15) is 5.56 Å². The van der Waals surface area contributed by atoms with Gasteiger partial charge in [-0.15, -0.1) is 0 Å². The second kappa shape index (κ2) is 7.35. The van der Waals surface area contributed by atoms with Crippen molar-refractivity contribution in [1.29, 1.82) is 0 Å². The van der Waals surface area contributed by atoms with Crippen molar-refractivity contribution in [3.8, 4) is 11.5 Å². The molecule has 1 atom stereocenters. The lowest BCUT2D eigenvalue weighted by Gasteiger charge is -2.10. The maximum atomic E-state index is 12.9. The van der Waals surface area contributed by atoms with E-state index in [9.17, 15) is 18.8 Å². The molecule has 2 aromatic rings. The van der Waals surface area contributed by atoms with Gasteiger partial charge in [0.25, 0.3) is 5.91 Å². The molecular weight excluding hydrogens is 339 g/mol. The number of benzene rings is 2. The summed E-state index contributed by atoms with van der Waals surface area (Å²) in [7, 11) is 1.49. The molecule has 1 unspecified atom stereocenters. The van der Waals surface area contributed by atoms with Crippen LogP contribution in [0.15, 0.2) is 48.5 Å². The Morgan fingerprint density at radius 3 is 2.23 bits per heavy atom. The van der Waals surface area contributed by atoms with Crippen molar-refractivity contribution in [1.82, 2.24) is 10.2 Å². The number of hydrogen-bond donors (Lipinski definition) is 1. The highest BCUT2D eigenvalue weighted by molar-refractivity contribution is 6.42. The predicted molar refractivity (Wildman–Crippen MR) is 90.9 cm³/mol. The SMILES string of the molecule is CN1CC(C(=O)NCc2ccc(Oc3ccc(F)cc3)cc2)C(=O)C1=O. The van der Waals surface area contributed by atoms with Crippen molar-refractivity contribution in [2.75, 3.05) is 13.6 Å². The Kier molecular flexibility index (Phi) is 4.97. The molecule has 2 aromatic carbocycles. The van der Waals surface area contributed by atoms with E-state index in [0.717, 1.165) is 5.56 Å². The first-order valence-corrected chi connectivity index (χ1v) is 8.03. The number of likely N-dealkylation sites (tertiary alicyclic amines) is 1. The number of nitrogens with one attached hydrogen (secondary N) is 1. The Morgan fingerprint density at radius 1 is 1.12 bits per heavy atom. The van der Waals surface area contributed by atoms with Crippen LogP contribution in [0.3, 0.4) is 0 Å². The summed E-state index contributed by atoms with van der Waals surface area (Å²) in [6.45, 7) is 0.339. The van der Waals surface area contributed by atoms with Gasteiger partial charge in [-0.1, -0.05) is 12.1 Å². The number of nitrogens with zero attached hydrogens (tertiary/aromatic N) is 1. The topological polar surface area (TPSA) is 75.7 Å². The third-order valence-electron chi connectivity index (χ3n) is 4.09. The minimum Gasteiger partial charge on any atom is -0.457 e. The molecular formula is C19H17FN2O4. The van der Waals surface area contributed by atoms with Gasteiger partial charge in [0.2, 0.25) is 11.7 Å². The van der Waals surface area contributed by atoms with Crippen LogP contribution < -0.4 is 10.1 Å². The molecule has 0 radical (unpaired) electrons. The van der Waals surface area contributed by atoms with Gasteiger partial charge in [0.1, 0.15) is 23.2 Å².